The Morgan fingerprint density at radius 3 is 2.92 bits per heavy atom. The van der Waals surface area contributed by atoms with Crippen molar-refractivity contribution in [3.63, 3.8) is 0 Å². The zero-order valence-electron chi connectivity index (χ0n) is 13.7. The van der Waals surface area contributed by atoms with Crippen molar-refractivity contribution in [1.29, 1.82) is 0 Å². The fourth-order valence-electron chi connectivity index (χ4n) is 2.51. The van der Waals surface area contributed by atoms with E-state index >= 15 is 0 Å². The summed E-state index contributed by atoms with van der Waals surface area (Å²) in [5, 5.41) is 2.87. The number of benzene rings is 2. The second kappa shape index (κ2) is 7.64. The third-order valence-electron chi connectivity index (χ3n) is 3.71. The van der Waals surface area contributed by atoms with Crippen molar-refractivity contribution in [3.8, 4) is 5.75 Å². The van der Waals surface area contributed by atoms with Gasteiger partial charge in [-0.1, -0.05) is 24.3 Å². The number of para-hydroxylation sites is 2. The maximum Gasteiger partial charge on any atom is 0.257 e. The first-order chi connectivity index (χ1) is 11.7. The summed E-state index contributed by atoms with van der Waals surface area (Å²) in [5.74, 6) is 1.55. The zero-order valence-corrected chi connectivity index (χ0v) is 13.7. The van der Waals surface area contributed by atoms with Crippen LogP contribution in [0.4, 0.5) is 0 Å². The molecule has 2 N–H and O–H groups in total. The van der Waals surface area contributed by atoms with E-state index in [1.54, 1.807) is 0 Å². The molecular formula is C19H21N3O2. The molecule has 0 bridgehead atoms. The number of carbonyl (C=O) groups is 1. The molecule has 0 aliphatic rings. The Hall–Kier alpha value is -2.82. The molecule has 1 amide bonds. The summed E-state index contributed by atoms with van der Waals surface area (Å²) in [6.45, 7) is 2.63. The number of H-pyrrole nitrogens is 1. The second-order valence-electron chi connectivity index (χ2n) is 5.76. The minimum absolute atomic E-state index is 0.0358. The third kappa shape index (κ3) is 4.35. The number of aryl methyl sites for hydroxylation is 2. The van der Waals surface area contributed by atoms with E-state index in [0.29, 0.717) is 12.3 Å². The number of aromatic amines is 1. The van der Waals surface area contributed by atoms with Crippen molar-refractivity contribution >= 4 is 16.9 Å². The third-order valence-corrected chi connectivity index (χ3v) is 3.71. The maximum atomic E-state index is 11.8. The Morgan fingerprint density at radius 2 is 2.08 bits per heavy atom. The quantitative estimate of drug-likeness (QED) is 0.657. The molecule has 0 saturated carbocycles. The Bertz CT molecular complexity index is 793. The summed E-state index contributed by atoms with van der Waals surface area (Å²) < 4.78 is 5.47. The lowest BCUT2D eigenvalue weighted by Crippen LogP contribution is -2.29. The molecule has 3 aromatic rings. The highest BCUT2D eigenvalue weighted by atomic mass is 16.5. The van der Waals surface area contributed by atoms with Crippen LogP contribution in [-0.4, -0.2) is 29.0 Å². The highest BCUT2D eigenvalue weighted by molar-refractivity contribution is 5.77. The van der Waals surface area contributed by atoms with E-state index < -0.39 is 0 Å². The van der Waals surface area contributed by atoms with Crippen LogP contribution in [0.1, 0.15) is 17.8 Å². The van der Waals surface area contributed by atoms with E-state index in [1.807, 2.05) is 55.5 Å². The average Bonchev–Trinajstić information content (AvgIpc) is 3.00. The Morgan fingerprint density at radius 1 is 1.21 bits per heavy atom. The highest BCUT2D eigenvalue weighted by Gasteiger charge is 2.04. The van der Waals surface area contributed by atoms with Gasteiger partial charge >= 0.3 is 0 Å². The van der Waals surface area contributed by atoms with Crippen molar-refractivity contribution in [2.24, 2.45) is 0 Å². The molecule has 0 saturated heterocycles. The zero-order chi connectivity index (χ0) is 16.8. The number of ether oxygens (including phenoxy) is 1. The van der Waals surface area contributed by atoms with Gasteiger partial charge in [0.2, 0.25) is 0 Å². The molecular weight excluding hydrogens is 302 g/mol. The Labute approximate surface area is 141 Å². The van der Waals surface area contributed by atoms with E-state index in [4.69, 9.17) is 4.74 Å². The van der Waals surface area contributed by atoms with Gasteiger partial charge in [0.15, 0.2) is 6.61 Å². The highest BCUT2D eigenvalue weighted by Crippen LogP contribution is 2.12. The minimum atomic E-state index is -0.110. The van der Waals surface area contributed by atoms with Crippen LogP contribution in [0.15, 0.2) is 48.5 Å². The van der Waals surface area contributed by atoms with Gasteiger partial charge < -0.3 is 15.0 Å². The fraction of sp³-hybridized carbons (Fsp3) is 0.263. The molecule has 0 spiro atoms. The molecule has 24 heavy (non-hydrogen) atoms. The number of fused-ring (bicyclic) bond motifs is 1. The molecule has 5 nitrogen and oxygen atoms in total. The summed E-state index contributed by atoms with van der Waals surface area (Å²) in [4.78, 5) is 19.6. The van der Waals surface area contributed by atoms with Crippen LogP contribution in [0.25, 0.3) is 11.0 Å². The molecule has 0 radical (unpaired) electrons. The molecule has 5 heteroatoms. The van der Waals surface area contributed by atoms with Crippen molar-refractivity contribution in [2.75, 3.05) is 13.2 Å². The van der Waals surface area contributed by atoms with Gasteiger partial charge in [0.05, 0.1) is 11.0 Å². The first-order valence-electron chi connectivity index (χ1n) is 8.10. The standard InChI is InChI=1S/C19H21N3O2/c1-14-6-4-7-15(12-14)24-13-19(23)20-11-5-10-18-21-16-8-2-3-9-17(16)22-18/h2-4,6-9,12H,5,10-11,13H2,1H3,(H,20,23)(H,21,22). The van der Waals surface area contributed by atoms with Gasteiger partial charge in [-0.3, -0.25) is 4.79 Å². The Balaban J connectivity index is 1.37. The van der Waals surface area contributed by atoms with Gasteiger partial charge in [-0.05, 0) is 43.2 Å². The van der Waals surface area contributed by atoms with Crippen LogP contribution >= 0.6 is 0 Å². The summed E-state index contributed by atoms with van der Waals surface area (Å²) in [6.07, 6.45) is 1.63. The first-order valence-corrected chi connectivity index (χ1v) is 8.10. The minimum Gasteiger partial charge on any atom is -0.484 e. The smallest absolute Gasteiger partial charge is 0.257 e. The number of rotatable bonds is 7. The molecule has 1 heterocycles. The molecule has 0 atom stereocenters. The van der Waals surface area contributed by atoms with Gasteiger partial charge in [0, 0.05) is 13.0 Å². The number of nitrogens with zero attached hydrogens (tertiary/aromatic N) is 1. The molecule has 124 valence electrons. The van der Waals surface area contributed by atoms with Crippen molar-refractivity contribution in [3.05, 3.63) is 59.9 Å². The van der Waals surface area contributed by atoms with Crippen LogP contribution in [0.3, 0.4) is 0 Å². The van der Waals surface area contributed by atoms with E-state index in [1.165, 1.54) is 0 Å². The van der Waals surface area contributed by atoms with Gasteiger partial charge in [0.1, 0.15) is 11.6 Å². The monoisotopic (exact) mass is 323 g/mol. The number of hydrogen-bond acceptors (Lipinski definition) is 3. The topological polar surface area (TPSA) is 67.0 Å². The normalized spacial score (nSPS) is 10.7. The number of aromatic nitrogens is 2. The van der Waals surface area contributed by atoms with Gasteiger partial charge in [-0.2, -0.15) is 0 Å². The van der Waals surface area contributed by atoms with Crippen LogP contribution in [0.2, 0.25) is 0 Å². The largest absolute Gasteiger partial charge is 0.484 e. The van der Waals surface area contributed by atoms with E-state index in [2.05, 4.69) is 15.3 Å². The van der Waals surface area contributed by atoms with Gasteiger partial charge in [-0.25, -0.2) is 4.98 Å². The summed E-state index contributed by atoms with van der Waals surface area (Å²) in [7, 11) is 0. The predicted molar refractivity (Wildman–Crippen MR) is 94.1 cm³/mol. The van der Waals surface area contributed by atoms with Crippen LogP contribution in [-0.2, 0) is 11.2 Å². The van der Waals surface area contributed by atoms with Crippen molar-refractivity contribution in [1.82, 2.24) is 15.3 Å². The summed E-state index contributed by atoms with van der Waals surface area (Å²) >= 11 is 0. The molecule has 2 aromatic carbocycles. The molecule has 0 fully saturated rings. The van der Waals surface area contributed by atoms with E-state index in [9.17, 15) is 4.79 Å². The number of amides is 1. The molecule has 0 aliphatic carbocycles. The van der Waals surface area contributed by atoms with Crippen LogP contribution in [0, 0.1) is 6.92 Å². The molecule has 0 unspecified atom stereocenters. The van der Waals surface area contributed by atoms with Crippen LogP contribution in [0.5, 0.6) is 5.75 Å². The fourth-order valence-corrected chi connectivity index (χ4v) is 2.51. The summed E-state index contributed by atoms with van der Waals surface area (Å²) in [5.41, 5.74) is 3.13. The lowest BCUT2D eigenvalue weighted by molar-refractivity contribution is -0.123. The predicted octanol–water partition coefficient (Wildman–Crippen LogP) is 3.00. The van der Waals surface area contributed by atoms with Crippen LogP contribution < -0.4 is 10.1 Å². The average molecular weight is 323 g/mol. The lowest BCUT2D eigenvalue weighted by atomic mass is 10.2. The van der Waals surface area contributed by atoms with Gasteiger partial charge in [0.25, 0.3) is 5.91 Å². The molecule has 3 rings (SSSR count). The number of nitrogens with one attached hydrogen (secondary N) is 2. The first kappa shape index (κ1) is 16.1. The lowest BCUT2D eigenvalue weighted by Gasteiger charge is -2.07. The number of imidazole rings is 1. The summed E-state index contributed by atoms with van der Waals surface area (Å²) in [6, 6.07) is 15.6. The second-order valence-corrected chi connectivity index (χ2v) is 5.76. The van der Waals surface area contributed by atoms with E-state index in [-0.39, 0.29) is 12.5 Å². The van der Waals surface area contributed by atoms with Gasteiger partial charge in [-0.15, -0.1) is 0 Å². The molecule has 0 aliphatic heterocycles. The van der Waals surface area contributed by atoms with Crippen molar-refractivity contribution in [2.45, 2.75) is 19.8 Å². The SMILES string of the molecule is Cc1cccc(OCC(=O)NCCCc2nc3ccccc3[nH]2)c1. The maximum absolute atomic E-state index is 11.8. The van der Waals surface area contributed by atoms with Crippen molar-refractivity contribution < 1.29 is 9.53 Å². The number of carbonyl (C=O) groups excluding carboxylic acids is 1. The molecule has 1 aromatic heterocycles. The van der Waals surface area contributed by atoms with E-state index in [0.717, 1.165) is 35.3 Å². The Kier molecular flexibility index (Phi) is 5.11. The number of hydrogen-bond donors (Lipinski definition) is 2.